The highest BCUT2D eigenvalue weighted by Gasteiger charge is 2.35. The lowest BCUT2D eigenvalue weighted by molar-refractivity contribution is -0.275. The molecule has 1 atom stereocenters. The molecular formula is C22H23F4N5O4. The number of anilines is 1. The molecule has 2 N–H and O–H groups in total. The third kappa shape index (κ3) is 5.62. The predicted molar refractivity (Wildman–Crippen MR) is 116 cm³/mol. The number of hydrogen-bond acceptors (Lipinski definition) is 7. The van der Waals surface area contributed by atoms with E-state index in [1.54, 1.807) is 12.3 Å². The molecule has 1 unspecified atom stereocenters. The molecule has 0 spiro atoms. The molecule has 1 amide bonds. The fourth-order valence-corrected chi connectivity index (χ4v) is 3.77. The van der Waals surface area contributed by atoms with E-state index < -0.39 is 35.5 Å². The van der Waals surface area contributed by atoms with Crippen molar-refractivity contribution in [2.45, 2.75) is 31.9 Å². The topological polar surface area (TPSA) is 101 Å². The van der Waals surface area contributed by atoms with Crippen molar-refractivity contribution in [1.82, 2.24) is 19.9 Å². The number of hydrogen-bond donors (Lipinski definition) is 2. The van der Waals surface area contributed by atoms with Gasteiger partial charge in [-0.2, -0.15) is 5.10 Å². The van der Waals surface area contributed by atoms with Crippen LogP contribution in [0.1, 0.15) is 35.8 Å². The largest absolute Gasteiger partial charge is 0.573 e. The van der Waals surface area contributed by atoms with E-state index in [0.29, 0.717) is 32.1 Å². The molecule has 9 nitrogen and oxygen atoms in total. The van der Waals surface area contributed by atoms with E-state index in [-0.39, 0.29) is 16.8 Å². The molecule has 1 saturated heterocycles. The summed E-state index contributed by atoms with van der Waals surface area (Å²) in [6, 6.07) is 3.28. The van der Waals surface area contributed by atoms with Gasteiger partial charge in [0.15, 0.2) is 17.2 Å². The highest BCUT2D eigenvalue weighted by Crippen LogP contribution is 2.32. The molecule has 1 fully saturated rings. The van der Waals surface area contributed by atoms with Gasteiger partial charge < -0.3 is 24.8 Å². The second-order valence-electron chi connectivity index (χ2n) is 8.51. The number of aliphatic hydroxyl groups is 1. The summed E-state index contributed by atoms with van der Waals surface area (Å²) in [5, 5.41) is 17.4. The molecule has 2 aromatic heterocycles. The number of alkyl halides is 3. The lowest BCUT2D eigenvalue weighted by Gasteiger charge is -2.30. The number of rotatable bonds is 6. The van der Waals surface area contributed by atoms with E-state index >= 15 is 0 Å². The van der Waals surface area contributed by atoms with E-state index in [0.717, 1.165) is 18.2 Å². The van der Waals surface area contributed by atoms with Gasteiger partial charge in [-0.25, -0.2) is 13.9 Å². The van der Waals surface area contributed by atoms with Crippen molar-refractivity contribution in [3.05, 3.63) is 53.6 Å². The number of carbonyl (C=O) groups is 1. The Hall–Kier alpha value is -3.45. The van der Waals surface area contributed by atoms with E-state index in [2.05, 4.69) is 20.1 Å². The fourth-order valence-electron chi connectivity index (χ4n) is 3.77. The zero-order chi connectivity index (χ0) is 25.4. The molecule has 0 aliphatic carbocycles. The SMILES string of the molecule is CC(C)(O)C(NC(=O)c1cnn2ccc(N3CCOCC3)nc12)c1ccc(OC(F)(F)F)c(F)c1. The number of amides is 1. The summed E-state index contributed by atoms with van der Waals surface area (Å²) in [4.78, 5) is 19.7. The minimum atomic E-state index is -5.07. The third-order valence-corrected chi connectivity index (χ3v) is 5.43. The Morgan fingerprint density at radius 3 is 2.57 bits per heavy atom. The van der Waals surface area contributed by atoms with Gasteiger partial charge in [-0.05, 0) is 37.6 Å². The molecular weight excluding hydrogens is 474 g/mol. The number of halogens is 4. The Morgan fingerprint density at radius 1 is 1.23 bits per heavy atom. The zero-order valence-electron chi connectivity index (χ0n) is 18.8. The number of aromatic nitrogens is 3. The molecule has 4 rings (SSSR count). The predicted octanol–water partition coefficient (Wildman–Crippen LogP) is 2.85. The quantitative estimate of drug-likeness (QED) is 0.505. The molecule has 1 aromatic carbocycles. The van der Waals surface area contributed by atoms with Gasteiger partial charge in [-0.3, -0.25) is 4.79 Å². The van der Waals surface area contributed by atoms with Crippen molar-refractivity contribution in [2.24, 2.45) is 0 Å². The smallest absolute Gasteiger partial charge is 0.403 e. The first-order chi connectivity index (χ1) is 16.4. The second-order valence-corrected chi connectivity index (χ2v) is 8.51. The monoisotopic (exact) mass is 497 g/mol. The van der Waals surface area contributed by atoms with Crippen molar-refractivity contribution < 1.29 is 36.9 Å². The molecule has 3 heterocycles. The number of nitrogens with zero attached hydrogens (tertiary/aromatic N) is 4. The van der Waals surface area contributed by atoms with Gasteiger partial charge in [-0.15, -0.1) is 13.2 Å². The van der Waals surface area contributed by atoms with Gasteiger partial charge in [-0.1, -0.05) is 6.07 Å². The maximum atomic E-state index is 14.3. The number of benzene rings is 1. The van der Waals surface area contributed by atoms with Crippen LogP contribution in [0.2, 0.25) is 0 Å². The summed E-state index contributed by atoms with van der Waals surface area (Å²) in [7, 11) is 0. The lowest BCUT2D eigenvalue weighted by atomic mass is 9.91. The summed E-state index contributed by atoms with van der Waals surface area (Å²) < 4.78 is 62.1. The van der Waals surface area contributed by atoms with Crippen LogP contribution in [-0.2, 0) is 4.74 Å². The molecule has 0 saturated carbocycles. The van der Waals surface area contributed by atoms with Crippen molar-refractivity contribution >= 4 is 17.4 Å². The Labute approximate surface area is 197 Å². The molecule has 0 radical (unpaired) electrons. The van der Waals surface area contributed by atoms with Crippen LogP contribution < -0.4 is 15.0 Å². The van der Waals surface area contributed by atoms with Crippen LogP contribution in [-0.4, -0.2) is 63.9 Å². The average molecular weight is 497 g/mol. The van der Waals surface area contributed by atoms with Crippen LogP contribution in [0.25, 0.3) is 5.65 Å². The maximum absolute atomic E-state index is 14.3. The summed E-state index contributed by atoms with van der Waals surface area (Å²) >= 11 is 0. The summed E-state index contributed by atoms with van der Waals surface area (Å²) in [6.45, 7) is 5.13. The molecule has 1 aliphatic heterocycles. The van der Waals surface area contributed by atoms with Crippen LogP contribution in [0.4, 0.5) is 23.4 Å². The minimum absolute atomic E-state index is 0.0383. The standard InChI is InChI=1S/C22H23F4N5O4/c1-21(2,33)18(13-3-4-16(15(23)11-13)35-22(24,25)26)29-20(32)14-12-27-31-6-5-17(28-19(14)31)30-7-9-34-10-8-30/h3-6,11-12,18,33H,7-10H2,1-2H3,(H,29,32). The van der Waals surface area contributed by atoms with Crippen LogP contribution in [0.5, 0.6) is 5.75 Å². The Morgan fingerprint density at radius 2 is 1.94 bits per heavy atom. The van der Waals surface area contributed by atoms with Gasteiger partial charge in [0.1, 0.15) is 11.4 Å². The Kier molecular flexibility index (Phi) is 6.56. The van der Waals surface area contributed by atoms with Crippen molar-refractivity contribution in [2.75, 3.05) is 31.2 Å². The van der Waals surface area contributed by atoms with Gasteiger partial charge in [0.2, 0.25) is 0 Å². The van der Waals surface area contributed by atoms with E-state index in [4.69, 9.17) is 4.74 Å². The van der Waals surface area contributed by atoms with Gasteiger partial charge in [0.25, 0.3) is 5.91 Å². The van der Waals surface area contributed by atoms with Crippen molar-refractivity contribution in [3.8, 4) is 5.75 Å². The molecule has 13 heteroatoms. The van der Waals surface area contributed by atoms with Gasteiger partial charge in [0.05, 0.1) is 31.1 Å². The highest BCUT2D eigenvalue weighted by atomic mass is 19.4. The van der Waals surface area contributed by atoms with Crippen LogP contribution in [0, 0.1) is 5.82 Å². The summed E-state index contributed by atoms with van der Waals surface area (Å²) in [5.74, 6) is -2.34. The maximum Gasteiger partial charge on any atom is 0.573 e. The van der Waals surface area contributed by atoms with Crippen LogP contribution in [0.15, 0.2) is 36.7 Å². The average Bonchev–Trinajstić information content (AvgIpc) is 3.21. The highest BCUT2D eigenvalue weighted by molar-refractivity contribution is 6.00. The number of ether oxygens (including phenoxy) is 2. The Bertz CT molecular complexity index is 1220. The zero-order valence-corrected chi connectivity index (χ0v) is 18.8. The molecule has 3 aromatic rings. The van der Waals surface area contributed by atoms with E-state index in [1.807, 2.05) is 4.90 Å². The molecule has 1 aliphatic rings. The first-order valence-electron chi connectivity index (χ1n) is 10.7. The number of fused-ring (bicyclic) bond motifs is 1. The summed E-state index contributed by atoms with van der Waals surface area (Å²) in [6.07, 6.45) is -2.10. The van der Waals surface area contributed by atoms with Gasteiger partial charge in [0, 0.05) is 19.3 Å². The third-order valence-electron chi connectivity index (χ3n) is 5.43. The van der Waals surface area contributed by atoms with Crippen LogP contribution >= 0.6 is 0 Å². The van der Waals surface area contributed by atoms with E-state index in [1.165, 1.54) is 24.6 Å². The molecule has 188 valence electrons. The first kappa shape index (κ1) is 24.7. The van der Waals surface area contributed by atoms with Crippen molar-refractivity contribution in [3.63, 3.8) is 0 Å². The summed E-state index contributed by atoms with van der Waals surface area (Å²) in [5.41, 5.74) is -1.20. The fraction of sp³-hybridized carbons (Fsp3) is 0.409. The number of carbonyl (C=O) groups excluding carboxylic acids is 1. The number of morpholine rings is 1. The number of nitrogens with one attached hydrogen (secondary N) is 1. The Balaban J connectivity index is 1.61. The van der Waals surface area contributed by atoms with Gasteiger partial charge >= 0.3 is 6.36 Å². The lowest BCUT2D eigenvalue weighted by Crippen LogP contribution is -2.42. The second kappa shape index (κ2) is 9.30. The first-order valence-corrected chi connectivity index (χ1v) is 10.7. The normalized spacial score (nSPS) is 15.8. The molecule has 35 heavy (non-hydrogen) atoms. The van der Waals surface area contributed by atoms with Crippen molar-refractivity contribution in [1.29, 1.82) is 0 Å². The molecule has 0 bridgehead atoms. The minimum Gasteiger partial charge on any atom is -0.403 e. The van der Waals surface area contributed by atoms with Crippen LogP contribution in [0.3, 0.4) is 0 Å². The van der Waals surface area contributed by atoms with E-state index in [9.17, 15) is 27.5 Å².